The minimum absolute atomic E-state index is 0.0344. The van der Waals surface area contributed by atoms with Crippen LogP contribution in [0.25, 0.3) is 0 Å². The van der Waals surface area contributed by atoms with Crippen molar-refractivity contribution >= 4 is 15.9 Å². The van der Waals surface area contributed by atoms with E-state index >= 15 is 0 Å². The Morgan fingerprint density at radius 1 is 1.20 bits per heavy atom. The van der Waals surface area contributed by atoms with Gasteiger partial charge in [0.05, 0.1) is 13.2 Å². The molecule has 1 aliphatic heterocycles. The molecular formula is C16H19N3O5S. The molecule has 1 N–H and O–H groups in total. The van der Waals surface area contributed by atoms with E-state index in [4.69, 9.17) is 9.15 Å². The van der Waals surface area contributed by atoms with Crippen molar-refractivity contribution in [3.8, 4) is 0 Å². The summed E-state index contributed by atoms with van der Waals surface area (Å²) < 4.78 is 36.6. The van der Waals surface area contributed by atoms with Crippen LogP contribution in [0.1, 0.15) is 16.2 Å². The highest BCUT2D eigenvalue weighted by atomic mass is 32.2. The van der Waals surface area contributed by atoms with Gasteiger partial charge in [-0.15, -0.1) is 0 Å². The van der Waals surface area contributed by atoms with Crippen LogP contribution in [0.2, 0.25) is 0 Å². The number of nitrogens with one attached hydrogen (secondary N) is 1. The van der Waals surface area contributed by atoms with Gasteiger partial charge in [-0.05, 0) is 24.3 Å². The summed E-state index contributed by atoms with van der Waals surface area (Å²) in [4.78, 5) is 16.3. The number of amides is 1. The largest absolute Gasteiger partial charge is 0.438 e. The first-order valence-corrected chi connectivity index (χ1v) is 9.37. The van der Waals surface area contributed by atoms with E-state index < -0.39 is 15.9 Å². The molecule has 25 heavy (non-hydrogen) atoms. The molecule has 8 nitrogen and oxygen atoms in total. The summed E-state index contributed by atoms with van der Waals surface area (Å²) in [5.74, 6) is -0.493. The smallest absolute Gasteiger partial charge is 0.287 e. The van der Waals surface area contributed by atoms with Gasteiger partial charge in [-0.25, -0.2) is 8.42 Å². The molecule has 0 atom stereocenters. The Bertz CT molecular complexity index is 813. The molecule has 0 aliphatic carbocycles. The maximum atomic E-state index is 12.5. The number of hydrogen-bond donors (Lipinski definition) is 1. The van der Waals surface area contributed by atoms with Gasteiger partial charge in [-0.3, -0.25) is 9.78 Å². The lowest BCUT2D eigenvalue weighted by Crippen LogP contribution is -2.40. The summed E-state index contributed by atoms with van der Waals surface area (Å²) >= 11 is 0. The number of carbonyl (C=O) groups is 1. The minimum Gasteiger partial charge on any atom is -0.438 e. The summed E-state index contributed by atoms with van der Waals surface area (Å²) in [6.45, 7) is 1.62. The Labute approximate surface area is 145 Å². The van der Waals surface area contributed by atoms with E-state index in [9.17, 15) is 13.2 Å². The molecule has 9 heteroatoms. The van der Waals surface area contributed by atoms with E-state index in [2.05, 4.69) is 10.3 Å². The van der Waals surface area contributed by atoms with Crippen LogP contribution in [0.15, 0.2) is 46.0 Å². The molecule has 0 unspecified atom stereocenters. The molecule has 0 saturated carbocycles. The standard InChI is InChI=1S/C16H19N3O5S/c20-16(18-8-6-13-3-1-2-7-17-13)14-4-5-15(24-14)25(21,22)19-9-11-23-12-10-19/h1-5,7H,6,8-12H2,(H,18,20). The van der Waals surface area contributed by atoms with Crippen molar-refractivity contribution in [2.75, 3.05) is 32.8 Å². The zero-order valence-electron chi connectivity index (χ0n) is 13.6. The summed E-state index contributed by atoms with van der Waals surface area (Å²) in [5, 5.41) is 2.46. The van der Waals surface area contributed by atoms with Gasteiger partial charge in [0.1, 0.15) is 0 Å². The monoisotopic (exact) mass is 365 g/mol. The summed E-state index contributed by atoms with van der Waals surface area (Å²) in [7, 11) is -3.74. The number of sulfonamides is 1. The van der Waals surface area contributed by atoms with Gasteiger partial charge in [0.2, 0.25) is 5.09 Å². The first kappa shape index (κ1) is 17.6. The van der Waals surface area contributed by atoms with Gasteiger partial charge in [-0.1, -0.05) is 6.07 Å². The zero-order valence-corrected chi connectivity index (χ0v) is 14.4. The van der Waals surface area contributed by atoms with Crippen molar-refractivity contribution in [3.05, 3.63) is 48.0 Å². The van der Waals surface area contributed by atoms with Gasteiger partial charge >= 0.3 is 0 Å². The summed E-state index contributed by atoms with van der Waals surface area (Å²) in [6.07, 6.45) is 2.26. The van der Waals surface area contributed by atoms with E-state index in [-0.39, 0.29) is 23.9 Å². The van der Waals surface area contributed by atoms with E-state index in [0.29, 0.717) is 26.2 Å². The lowest BCUT2D eigenvalue weighted by molar-refractivity contribution is 0.0722. The second-order valence-corrected chi connectivity index (χ2v) is 7.33. The van der Waals surface area contributed by atoms with Crippen molar-refractivity contribution in [1.82, 2.24) is 14.6 Å². The predicted octanol–water partition coefficient (Wildman–Crippen LogP) is 0.668. The fraction of sp³-hybridized carbons (Fsp3) is 0.375. The van der Waals surface area contributed by atoms with Crippen LogP contribution in [-0.4, -0.2) is 56.5 Å². The molecule has 0 spiro atoms. The van der Waals surface area contributed by atoms with Crippen LogP contribution in [-0.2, 0) is 21.2 Å². The van der Waals surface area contributed by atoms with Crippen molar-refractivity contribution < 1.29 is 22.4 Å². The predicted molar refractivity (Wildman–Crippen MR) is 88.6 cm³/mol. The summed E-state index contributed by atoms with van der Waals surface area (Å²) in [5.41, 5.74) is 0.859. The van der Waals surface area contributed by atoms with E-state index in [1.165, 1.54) is 16.4 Å². The average Bonchev–Trinajstić information content (AvgIpc) is 3.14. The lowest BCUT2D eigenvalue weighted by Gasteiger charge is -2.24. The van der Waals surface area contributed by atoms with Gasteiger partial charge in [-0.2, -0.15) is 4.31 Å². The molecular weight excluding hydrogens is 346 g/mol. The first-order valence-electron chi connectivity index (χ1n) is 7.93. The molecule has 1 fully saturated rings. The second-order valence-electron chi connectivity index (χ2n) is 5.46. The van der Waals surface area contributed by atoms with E-state index in [1.807, 2.05) is 18.2 Å². The molecule has 0 radical (unpaired) electrons. The number of carbonyl (C=O) groups excluding carboxylic acids is 1. The SMILES string of the molecule is O=C(NCCc1ccccn1)c1ccc(S(=O)(=O)N2CCOCC2)o1. The van der Waals surface area contributed by atoms with Gasteiger partial charge in [0, 0.05) is 37.9 Å². The molecule has 0 aromatic carbocycles. The molecule has 1 aliphatic rings. The molecule has 134 valence electrons. The van der Waals surface area contributed by atoms with Crippen molar-refractivity contribution in [2.45, 2.75) is 11.5 Å². The molecule has 2 aromatic rings. The van der Waals surface area contributed by atoms with Crippen molar-refractivity contribution in [3.63, 3.8) is 0 Å². The fourth-order valence-electron chi connectivity index (χ4n) is 2.43. The van der Waals surface area contributed by atoms with E-state index in [1.54, 1.807) is 6.20 Å². The van der Waals surface area contributed by atoms with Crippen LogP contribution in [0, 0.1) is 0 Å². The van der Waals surface area contributed by atoms with Crippen molar-refractivity contribution in [2.24, 2.45) is 0 Å². The van der Waals surface area contributed by atoms with Gasteiger partial charge < -0.3 is 14.5 Å². The van der Waals surface area contributed by atoms with E-state index in [0.717, 1.165) is 5.69 Å². The second kappa shape index (κ2) is 7.77. The Balaban J connectivity index is 1.59. The average molecular weight is 365 g/mol. The highest BCUT2D eigenvalue weighted by molar-refractivity contribution is 7.89. The Morgan fingerprint density at radius 2 is 2.00 bits per heavy atom. The third-order valence-corrected chi connectivity index (χ3v) is 5.54. The maximum absolute atomic E-state index is 12.5. The third kappa shape index (κ3) is 4.25. The number of rotatable bonds is 6. The number of hydrogen-bond acceptors (Lipinski definition) is 6. The number of pyridine rings is 1. The molecule has 3 heterocycles. The van der Waals surface area contributed by atoms with Gasteiger partial charge in [0.15, 0.2) is 5.76 Å². The molecule has 3 rings (SSSR count). The minimum atomic E-state index is -3.74. The first-order chi connectivity index (χ1) is 12.1. The fourth-order valence-corrected chi connectivity index (χ4v) is 3.75. The molecule has 0 bridgehead atoms. The molecule has 1 saturated heterocycles. The van der Waals surface area contributed by atoms with Crippen LogP contribution < -0.4 is 5.32 Å². The normalized spacial score (nSPS) is 15.8. The summed E-state index contributed by atoms with van der Waals surface area (Å²) in [6, 6.07) is 8.23. The number of nitrogens with zero attached hydrogens (tertiary/aromatic N) is 2. The quantitative estimate of drug-likeness (QED) is 0.807. The lowest BCUT2D eigenvalue weighted by atomic mass is 10.2. The van der Waals surface area contributed by atoms with Crippen LogP contribution >= 0.6 is 0 Å². The Morgan fingerprint density at radius 3 is 2.72 bits per heavy atom. The van der Waals surface area contributed by atoms with Gasteiger partial charge in [0.25, 0.3) is 15.9 Å². The Kier molecular flexibility index (Phi) is 5.47. The highest BCUT2D eigenvalue weighted by Crippen LogP contribution is 2.19. The topological polar surface area (TPSA) is 102 Å². The van der Waals surface area contributed by atoms with Crippen molar-refractivity contribution in [1.29, 1.82) is 0 Å². The zero-order chi connectivity index (χ0) is 17.7. The van der Waals surface area contributed by atoms with Crippen LogP contribution in [0.5, 0.6) is 0 Å². The maximum Gasteiger partial charge on any atom is 0.287 e. The number of morpholine rings is 1. The Hall–Kier alpha value is -2.23. The van der Waals surface area contributed by atoms with Crippen LogP contribution in [0.4, 0.5) is 0 Å². The number of furan rings is 1. The van der Waals surface area contributed by atoms with Crippen LogP contribution in [0.3, 0.4) is 0 Å². The molecule has 1 amide bonds. The number of aromatic nitrogens is 1. The highest BCUT2D eigenvalue weighted by Gasteiger charge is 2.29. The number of ether oxygens (including phenoxy) is 1. The molecule has 2 aromatic heterocycles. The third-order valence-electron chi connectivity index (χ3n) is 3.76.